The highest BCUT2D eigenvalue weighted by atomic mass is 35.7. The Balaban J connectivity index is 0.000000163. The largest absolute Gasteiger partial charge is 0.493 e. The lowest BCUT2D eigenvalue weighted by Gasteiger charge is -2.13. The zero-order valence-corrected chi connectivity index (χ0v) is 38.9. The van der Waals surface area contributed by atoms with E-state index in [4.69, 9.17) is 40.1 Å². The molecule has 4 aromatic carbocycles. The van der Waals surface area contributed by atoms with Crippen LogP contribution in [0.5, 0.6) is 23.0 Å². The molecule has 0 saturated carbocycles. The van der Waals surface area contributed by atoms with Crippen LogP contribution in [0.1, 0.15) is 12.8 Å². The number of nitrogens with zero attached hydrogens (tertiary/aromatic N) is 4. The van der Waals surface area contributed by atoms with Crippen molar-refractivity contribution < 1.29 is 40.5 Å². The van der Waals surface area contributed by atoms with E-state index in [1.807, 2.05) is 54.7 Å². The highest BCUT2D eigenvalue weighted by Crippen LogP contribution is 2.37. The number of thiazole rings is 2. The van der Waals surface area contributed by atoms with Gasteiger partial charge in [0.1, 0.15) is 10.0 Å². The van der Waals surface area contributed by atoms with Gasteiger partial charge in [-0.15, -0.1) is 22.7 Å². The summed E-state index contributed by atoms with van der Waals surface area (Å²) in [5.74, 6) is 1.57. The maximum Gasteiger partial charge on any atom is 0.262 e. The Morgan fingerprint density at radius 1 is 0.625 bits per heavy atom. The molecule has 1 aliphatic rings. The number of hydrogen-bond donors (Lipinski definition) is 2. The molecule has 64 heavy (non-hydrogen) atoms. The fraction of sp³-hybridized carbons (Fsp3) is 0.182. The summed E-state index contributed by atoms with van der Waals surface area (Å²) in [5.41, 5.74) is 10.6. The number of ether oxygens (including phenoxy) is 5. The zero-order chi connectivity index (χ0) is 45.7. The Kier molecular flexibility index (Phi) is 16.3. The summed E-state index contributed by atoms with van der Waals surface area (Å²) in [6.45, 7) is 2.00. The molecule has 0 radical (unpaired) electrons. The maximum absolute atomic E-state index is 13.0. The van der Waals surface area contributed by atoms with E-state index in [9.17, 15) is 16.8 Å². The number of nitrogen functional groups attached to an aromatic ring is 1. The number of fused-ring (bicyclic) bond motifs is 2. The molecule has 20 heteroatoms. The minimum absolute atomic E-state index is 0.0168. The summed E-state index contributed by atoms with van der Waals surface area (Å²) in [6, 6.07) is 27.2. The van der Waals surface area contributed by atoms with Crippen LogP contribution >= 0.6 is 33.4 Å². The van der Waals surface area contributed by atoms with Crippen LogP contribution in [0.4, 0.5) is 11.4 Å². The van der Waals surface area contributed by atoms with E-state index in [0.717, 1.165) is 49.9 Å². The topological polar surface area (TPSA) is 204 Å². The molecule has 5 heterocycles. The van der Waals surface area contributed by atoms with E-state index in [1.165, 1.54) is 82.9 Å². The molecule has 1 fully saturated rings. The van der Waals surface area contributed by atoms with Crippen molar-refractivity contribution in [3.63, 3.8) is 0 Å². The molecule has 1 saturated heterocycles. The molecule has 0 unspecified atom stereocenters. The summed E-state index contributed by atoms with van der Waals surface area (Å²) in [4.78, 5) is 17.4. The van der Waals surface area contributed by atoms with Gasteiger partial charge in [-0.1, -0.05) is 24.3 Å². The lowest BCUT2D eigenvalue weighted by molar-refractivity contribution is 0.198. The third-order valence-corrected chi connectivity index (χ3v) is 13.9. The van der Waals surface area contributed by atoms with Crippen LogP contribution in [-0.4, -0.2) is 78.4 Å². The van der Waals surface area contributed by atoms with Crippen molar-refractivity contribution in [2.45, 2.75) is 22.6 Å². The van der Waals surface area contributed by atoms with E-state index in [1.54, 1.807) is 48.1 Å². The summed E-state index contributed by atoms with van der Waals surface area (Å²) in [5, 5.41) is 1.65. The fourth-order valence-electron chi connectivity index (χ4n) is 5.91. The van der Waals surface area contributed by atoms with E-state index in [2.05, 4.69) is 24.7 Å². The molecule has 0 atom stereocenters. The smallest absolute Gasteiger partial charge is 0.262 e. The van der Waals surface area contributed by atoms with Crippen LogP contribution in [0.15, 0.2) is 132 Å². The number of sulfonamides is 1. The Bertz CT molecular complexity index is 2980. The Morgan fingerprint density at radius 3 is 1.59 bits per heavy atom. The van der Waals surface area contributed by atoms with Crippen LogP contribution in [0, 0.1) is 0 Å². The zero-order valence-electron chi connectivity index (χ0n) is 34.9. The number of hydrogen-bond acceptors (Lipinski definition) is 16. The standard InChI is InChI=1S/C20H17N3O4S2.C12H9N3S.C8H9ClO4S.C4H8O/c1-26-17-8-7-13(11-18(17)27-2)29(24,25)23-15-6-4-3-5-14(15)20-22-16-9-10-21-12-19(16)28-20;13-9-4-2-1-3-8(9)12-15-10-5-6-14-7-11(10)16-12;1-12-7-4-3-6(14(9,10)11)5-8(7)13-2;1-2-4-5-3-1/h3-12,23H,1-2H3;1-7H,13H2;3-5H,1-2H3;1-4H2. The van der Waals surface area contributed by atoms with Gasteiger partial charge in [0.15, 0.2) is 23.0 Å². The van der Waals surface area contributed by atoms with Gasteiger partial charge in [0.25, 0.3) is 19.1 Å². The second-order valence-corrected chi connectivity index (χ2v) is 19.6. The number of rotatable bonds is 10. The van der Waals surface area contributed by atoms with Gasteiger partial charge in [0, 0.05) is 77.6 Å². The Labute approximate surface area is 383 Å². The molecule has 334 valence electrons. The molecule has 0 spiro atoms. The van der Waals surface area contributed by atoms with Crippen molar-refractivity contribution in [3.05, 3.63) is 122 Å². The van der Waals surface area contributed by atoms with Crippen LogP contribution in [-0.2, 0) is 23.8 Å². The number of anilines is 2. The van der Waals surface area contributed by atoms with Crippen LogP contribution < -0.4 is 29.4 Å². The van der Waals surface area contributed by atoms with Crippen LogP contribution in [0.2, 0.25) is 0 Å². The SMILES string of the molecule is C1CCOC1.COc1ccc(S(=O)(=O)Cl)cc1OC.COc1ccc(S(=O)(=O)Nc2ccccc2-c2nc3ccncc3s2)cc1OC.Nc1ccccc1-c1nc2ccncc2s1. The molecule has 15 nitrogen and oxygen atoms in total. The number of benzene rings is 4. The van der Waals surface area contributed by atoms with Gasteiger partial charge in [-0.3, -0.25) is 14.7 Å². The molecular formula is C44H43ClN6O9S4. The first-order chi connectivity index (χ1) is 30.8. The maximum atomic E-state index is 13.0. The van der Waals surface area contributed by atoms with Crippen molar-refractivity contribution in [3.8, 4) is 44.1 Å². The van der Waals surface area contributed by atoms with E-state index < -0.39 is 19.1 Å². The van der Waals surface area contributed by atoms with Crippen molar-refractivity contribution in [2.24, 2.45) is 0 Å². The number of halogens is 1. The lowest BCUT2D eigenvalue weighted by Crippen LogP contribution is -2.13. The van der Waals surface area contributed by atoms with Crippen molar-refractivity contribution in [1.29, 1.82) is 0 Å². The highest BCUT2D eigenvalue weighted by molar-refractivity contribution is 8.13. The second-order valence-electron chi connectivity index (χ2n) is 13.3. The molecule has 9 rings (SSSR count). The highest BCUT2D eigenvalue weighted by Gasteiger charge is 2.20. The third kappa shape index (κ3) is 12.1. The van der Waals surface area contributed by atoms with Gasteiger partial charge in [0.2, 0.25) is 0 Å². The average molecular weight is 964 g/mol. The van der Waals surface area contributed by atoms with Gasteiger partial charge in [-0.2, -0.15) is 0 Å². The first-order valence-electron chi connectivity index (χ1n) is 19.2. The Morgan fingerprint density at radius 2 is 1.11 bits per heavy atom. The molecule has 0 aliphatic carbocycles. The normalized spacial score (nSPS) is 12.1. The molecule has 0 amide bonds. The number of nitrogens with two attached hydrogens (primary N) is 1. The predicted molar refractivity (Wildman–Crippen MR) is 253 cm³/mol. The summed E-state index contributed by atoms with van der Waals surface area (Å²) >= 11 is 3.06. The molecule has 4 aromatic heterocycles. The quantitative estimate of drug-likeness (QED) is 0.0968. The summed E-state index contributed by atoms with van der Waals surface area (Å²) in [7, 11) is 3.42. The van der Waals surface area contributed by atoms with E-state index in [0.29, 0.717) is 39.3 Å². The molecule has 3 N–H and O–H groups in total. The predicted octanol–water partition coefficient (Wildman–Crippen LogP) is 9.54. The molecular weight excluding hydrogens is 920 g/mol. The fourth-order valence-corrected chi connectivity index (χ4v) is 9.72. The van der Waals surface area contributed by atoms with Crippen LogP contribution in [0.3, 0.4) is 0 Å². The third-order valence-electron chi connectivity index (χ3n) is 9.10. The van der Waals surface area contributed by atoms with Crippen molar-refractivity contribution >= 4 is 84.2 Å². The second kappa shape index (κ2) is 22.0. The number of aromatic nitrogens is 4. The first kappa shape index (κ1) is 47.4. The Hall–Kier alpha value is -6.09. The van der Waals surface area contributed by atoms with E-state index >= 15 is 0 Å². The van der Waals surface area contributed by atoms with Gasteiger partial charge in [-0.25, -0.2) is 26.8 Å². The molecule has 0 bridgehead atoms. The van der Waals surface area contributed by atoms with E-state index in [-0.39, 0.29) is 9.79 Å². The first-order valence-corrected chi connectivity index (χ1v) is 24.6. The number of methoxy groups -OCH3 is 4. The monoisotopic (exact) mass is 962 g/mol. The average Bonchev–Trinajstić information content (AvgIpc) is 4.12. The van der Waals surface area contributed by atoms with Gasteiger partial charge < -0.3 is 29.4 Å². The number of pyridine rings is 2. The van der Waals surface area contributed by atoms with Crippen molar-refractivity contribution in [1.82, 2.24) is 19.9 Å². The van der Waals surface area contributed by atoms with Gasteiger partial charge >= 0.3 is 0 Å². The van der Waals surface area contributed by atoms with Crippen molar-refractivity contribution in [2.75, 3.05) is 52.1 Å². The summed E-state index contributed by atoms with van der Waals surface area (Å²) < 4.78 is 77.8. The number of para-hydroxylation sites is 2. The van der Waals surface area contributed by atoms with Gasteiger partial charge in [-0.05, 0) is 73.5 Å². The minimum Gasteiger partial charge on any atom is -0.493 e. The molecule has 8 aromatic rings. The lowest BCUT2D eigenvalue weighted by atomic mass is 10.2. The summed E-state index contributed by atoms with van der Waals surface area (Å²) in [6.07, 6.45) is 9.56. The minimum atomic E-state index is -3.85. The van der Waals surface area contributed by atoms with Crippen LogP contribution in [0.25, 0.3) is 41.6 Å². The van der Waals surface area contributed by atoms with Gasteiger partial charge in [0.05, 0.1) is 64.4 Å². The molecule has 1 aliphatic heterocycles. The number of nitrogens with one attached hydrogen (secondary N) is 1.